The van der Waals surface area contributed by atoms with E-state index in [0.717, 1.165) is 11.1 Å². The molecule has 0 radical (unpaired) electrons. The number of hydrogen-bond acceptors (Lipinski definition) is 2. The topological polar surface area (TPSA) is 58.2 Å². The van der Waals surface area contributed by atoms with Gasteiger partial charge < -0.3 is 10.6 Å². The maximum atomic E-state index is 12.2. The largest absolute Gasteiger partial charge is 0.356 e. The van der Waals surface area contributed by atoms with Gasteiger partial charge in [-0.25, -0.2) is 0 Å². The van der Waals surface area contributed by atoms with Crippen molar-refractivity contribution in [3.8, 4) is 0 Å². The molecule has 0 aliphatic heterocycles. The number of carbonyl (C=O) groups excluding carboxylic acids is 2. The molecule has 2 amide bonds. The number of hydrogen-bond donors (Lipinski definition) is 2. The van der Waals surface area contributed by atoms with Crippen LogP contribution in [0.4, 0.5) is 0 Å². The SMILES string of the molecule is O=C(NCCc1cccc(Cl)c1)C1CC1C(=O)NCc1ccccc1Cl. The van der Waals surface area contributed by atoms with E-state index >= 15 is 0 Å². The molecule has 0 spiro atoms. The van der Waals surface area contributed by atoms with Crippen molar-refractivity contribution in [1.82, 2.24) is 10.6 Å². The standard InChI is InChI=1S/C20H20Cl2N2O2/c21-15-6-3-4-13(10-15)8-9-23-19(25)16-11-17(16)20(26)24-12-14-5-1-2-7-18(14)22/h1-7,10,16-17H,8-9,11-12H2,(H,23,25)(H,24,26). The zero-order valence-electron chi connectivity index (χ0n) is 14.2. The van der Waals surface area contributed by atoms with Gasteiger partial charge in [0.05, 0.1) is 11.8 Å². The van der Waals surface area contributed by atoms with E-state index in [0.29, 0.717) is 36.0 Å². The van der Waals surface area contributed by atoms with Crippen LogP contribution in [-0.4, -0.2) is 18.4 Å². The number of nitrogens with one attached hydrogen (secondary N) is 2. The van der Waals surface area contributed by atoms with E-state index in [1.165, 1.54) is 0 Å². The molecule has 0 heterocycles. The Morgan fingerprint density at radius 3 is 2.42 bits per heavy atom. The van der Waals surface area contributed by atoms with Crippen molar-refractivity contribution in [2.45, 2.75) is 19.4 Å². The molecule has 2 unspecified atom stereocenters. The Labute approximate surface area is 162 Å². The lowest BCUT2D eigenvalue weighted by atomic mass is 10.1. The fourth-order valence-corrected chi connectivity index (χ4v) is 3.30. The lowest BCUT2D eigenvalue weighted by Gasteiger charge is -2.07. The molecule has 1 fully saturated rings. The van der Waals surface area contributed by atoms with Gasteiger partial charge >= 0.3 is 0 Å². The van der Waals surface area contributed by atoms with E-state index in [1.807, 2.05) is 42.5 Å². The zero-order valence-corrected chi connectivity index (χ0v) is 15.7. The molecule has 2 aromatic carbocycles. The first kappa shape index (κ1) is 18.7. The molecular formula is C20H20Cl2N2O2. The molecule has 2 aromatic rings. The van der Waals surface area contributed by atoms with Crippen LogP contribution >= 0.6 is 23.2 Å². The Morgan fingerprint density at radius 2 is 1.69 bits per heavy atom. The first-order valence-electron chi connectivity index (χ1n) is 8.58. The summed E-state index contributed by atoms with van der Waals surface area (Å²) in [5.74, 6) is -0.644. The lowest BCUT2D eigenvalue weighted by Crippen LogP contribution is -2.31. The van der Waals surface area contributed by atoms with E-state index in [2.05, 4.69) is 10.6 Å². The summed E-state index contributed by atoms with van der Waals surface area (Å²) in [7, 11) is 0. The molecule has 0 aromatic heterocycles. The highest BCUT2D eigenvalue weighted by Crippen LogP contribution is 2.38. The molecular weight excluding hydrogens is 371 g/mol. The van der Waals surface area contributed by atoms with E-state index in [1.54, 1.807) is 6.07 Å². The number of rotatable bonds is 7. The van der Waals surface area contributed by atoms with Gasteiger partial charge in [0.25, 0.3) is 0 Å². The molecule has 136 valence electrons. The minimum absolute atomic E-state index is 0.0649. The number of halogens is 2. The third kappa shape index (κ3) is 4.99. The molecule has 0 saturated heterocycles. The Bertz CT molecular complexity index is 810. The monoisotopic (exact) mass is 390 g/mol. The van der Waals surface area contributed by atoms with Gasteiger partial charge in [0.15, 0.2) is 0 Å². The van der Waals surface area contributed by atoms with E-state index in [4.69, 9.17) is 23.2 Å². The number of carbonyl (C=O) groups is 2. The Balaban J connectivity index is 1.39. The average Bonchev–Trinajstić information content (AvgIpc) is 3.42. The molecule has 1 aliphatic rings. The summed E-state index contributed by atoms with van der Waals surface area (Å²) in [5, 5.41) is 7.06. The van der Waals surface area contributed by atoms with Crippen LogP contribution in [0.25, 0.3) is 0 Å². The third-order valence-electron chi connectivity index (χ3n) is 4.48. The molecule has 4 nitrogen and oxygen atoms in total. The first-order valence-corrected chi connectivity index (χ1v) is 9.33. The number of benzene rings is 2. The lowest BCUT2D eigenvalue weighted by molar-refractivity contribution is -0.127. The quantitative estimate of drug-likeness (QED) is 0.758. The van der Waals surface area contributed by atoms with Crippen LogP contribution < -0.4 is 10.6 Å². The predicted molar refractivity (Wildman–Crippen MR) is 103 cm³/mol. The molecule has 1 saturated carbocycles. The molecule has 3 rings (SSSR count). The van der Waals surface area contributed by atoms with Gasteiger partial charge in [-0.05, 0) is 42.2 Å². The highest BCUT2D eigenvalue weighted by atomic mass is 35.5. The second-order valence-corrected chi connectivity index (χ2v) is 7.27. The van der Waals surface area contributed by atoms with Gasteiger partial charge in [-0.15, -0.1) is 0 Å². The van der Waals surface area contributed by atoms with Crippen LogP contribution in [-0.2, 0) is 22.6 Å². The van der Waals surface area contributed by atoms with Crippen molar-refractivity contribution in [3.63, 3.8) is 0 Å². The smallest absolute Gasteiger partial charge is 0.224 e. The van der Waals surface area contributed by atoms with Gasteiger partial charge in [0.2, 0.25) is 11.8 Å². The summed E-state index contributed by atoms with van der Waals surface area (Å²) in [4.78, 5) is 24.4. The van der Waals surface area contributed by atoms with E-state index in [-0.39, 0.29) is 23.7 Å². The first-order chi connectivity index (χ1) is 12.5. The molecule has 0 bridgehead atoms. The van der Waals surface area contributed by atoms with Crippen molar-refractivity contribution < 1.29 is 9.59 Å². The predicted octanol–water partition coefficient (Wildman–Crippen LogP) is 3.60. The second kappa shape index (κ2) is 8.56. The summed E-state index contributed by atoms with van der Waals surface area (Å²) in [6.07, 6.45) is 1.31. The minimum Gasteiger partial charge on any atom is -0.356 e. The fourth-order valence-electron chi connectivity index (χ4n) is 2.88. The zero-order chi connectivity index (χ0) is 18.5. The molecule has 26 heavy (non-hydrogen) atoms. The van der Waals surface area contributed by atoms with Crippen LogP contribution in [0.2, 0.25) is 10.0 Å². The maximum absolute atomic E-state index is 12.2. The van der Waals surface area contributed by atoms with Gasteiger partial charge in [0, 0.05) is 23.1 Å². The van der Waals surface area contributed by atoms with E-state index in [9.17, 15) is 9.59 Å². The van der Waals surface area contributed by atoms with Crippen molar-refractivity contribution in [2.75, 3.05) is 6.54 Å². The maximum Gasteiger partial charge on any atom is 0.224 e. The van der Waals surface area contributed by atoms with Gasteiger partial charge in [-0.1, -0.05) is 53.5 Å². The molecule has 1 aliphatic carbocycles. The number of amides is 2. The third-order valence-corrected chi connectivity index (χ3v) is 5.08. The normalized spacial score (nSPS) is 18.2. The van der Waals surface area contributed by atoms with Crippen LogP contribution in [0.15, 0.2) is 48.5 Å². The summed E-state index contributed by atoms with van der Waals surface area (Å²) in [5.41, 5.74) is 1.94. The van der Waals surface area contributed by atoms with Gasteiger partial charge in [-0.3, -0.25) is 9.59 Å². The van der Waals surface area contributed by atoms with Crippen molar-refractivity contribution >= 4 is 35.0 Å². The highest BCUT2D eigenvalue weighted by molar-refractivity contribution is 6.31. The summed E-state index contributed by atoms with van der Waals surface area (Å²) in [6.45, 7) is 0.905. The minimum atomic E-state index is -0.247. The second-order valence-electron chi connectivity index (χ2n) is 6.43. The van der Waals surface area contributed by atoms with Crippen LogP contribution in [0.3, 0.4) is 0 Å². The van der Waals surface area contributed by atoms with Crippen LogP contribution in [0, 0.1) is 11.8 Å². The highest BCUT2D eigenvalue weighted by Gasteiger charge is 2.47. The van der Waals surface area contributed by atoms with Crippen LogP contribution in [0.5, 0.6) is 0 Å². The van der Waals surface area contributed by atoms with E-state index < -0.39 is 0 Å². The van der Waals surface area contributed by atoms with Crippen molar-refractivity contribution in [1.29, 1.82) is 0 Å². The van der Waals surface area contributed by atoms with Gasteiger partial charge in [0.1, 0.15) is 0 Å². The summed E-state index contributed by atoms with van der Waals surface area (Å²) < 4.78 is 0. The Hall–Kier alpha value is -2.04. The Kier molecular flexibility index (Phi) is 6.17. The fraction of sp³-hybridized carbons (Fsp3) is 0.300. The molecule has 2 N–H and O–H groups in total. The van der Waals surface area contributed by atoms with Crippen LogP contribution in [0.1, 0.15) is 17.5 Å². The molecule has 6 heteroatoms. The average molecular weight is 391 g/mol. The van der Waals surface area contributed by atoms with Crippen molar-refractivity contribution in [2.24, 2.45) is 11.8 Å². The summed E-state index contributed by atoms with van der Waals surface area (Å²) in [6, 6.07) is 14.9. The summed E-state index contributed by atoms with van der Waals surface area (Å²) >= 11 is 12.0. The Morgan fingerprint density at radius 1 is 0.962 bits per heavy atom. The van der Waals surface area contributed by atoms with Gasteiger partial charge in [-0.2, -0.15) is 0 Å². The molecule has 2 atom stereocenters. The van der Waals surface area contributed by atoms with Crippen molar-refractivity contribution in [3.05, 3.63) is 69.7 Å².